The summed E-state index contributed by atoms with van der Waals surface area (Å²) in [4.78, 5) is 23.4. The van der Waals surface area contributed by atoms with Gasteiger partial charge in [-0.1, -0.05) is 36.4 Å². The van der Waals surface area contributed by atoms with Crippen molar-refractivity contribution in [3.63, 3.8) is 0 Å². The van der Waals surface area contributed by atoms with E-state index in [1.165, 1.54) is 0 Å². The number of amides is 1. The van der Waals surface area contributed by atoms with Crippen LogP contribution >= 0.6 is 0 Å². The van der Waals surface area contributed by atoms with Crippen LogP contribution in [-0.2, 0) is 0 Å². The Bertz CT molecular complexity index is 814. The second kappa shape index (κ2) is 8.25. The molecule has 0 spiro atoms. The predicted octanol–water partition coefficient (Wildman–Crippen LogP) is 3.74. The molecule has 2 heterocycles. The van der Waals surface area contributed by atoms with Crippen LogP contribution in [0.2, 0.25) is 0 Å². The number of benzene rings is 1. The third-order valence-electron chi connectivity index (χ3n) is 4.06. The van der Waals surface area contributed by atoms with E-state index < -0.39 is 0 Å². The summed E-state index contributed by atoms with van der Waals surface area (Å²) in [5.74, 6) is 0.328. The summed E-state index contributed by atoms with van der Waals surface area (Å²) in [7, 11) is 1.79. The largest absolute Gasteiger partial charge is 0.478 e. The maximum atomic E-state index is 13.1. The number of hydrogen-bond donors (Lipinski definition) is 0. The van der Waals surface area contributed by atoms with Gasteiger partial charge in [0.2, 0.25) is 5.88 Å². The summed E-state index contributed by atoms with van der Waals surface area (Å²) in [6.07, 6.45) is 3.33. The Morgan fingerprint density at radius 3 is 2.50 bits per heavy atom. The molecule has 0 bridgehead atoms. The summed E-state index contributed by atoms with van der Waals surface area (Å²) < 4.78 is 5.41. The molecule has 0 saturated heterocycles. The average Bonchev–Trinajstić information content (AvgIpc) is 2.70. The van der Waals surface area contributed by atoms with Crippen molar-refractivity contribution in [3.05, 3.63) is 89.9 Å². The molecule has 0 radical (unpaired) electrons. The molecular weight excluding hydrogens is 326 g/mol. The highest BCUT2D eigenvalue weighted by atomic mass is 16.5. The van der Waals surface area contributed by atoms with E-state index in [1.807, 2.05) is 55.5 Å². The highest BCUT2D eigenvalue weighted by molar-refractivity contribution is 5.94. The number of aromatic nitrogens is 2. The van der Waals surface area contributed by atoms with Crippen LogP contribution in [0.3, 0.4) is 0 Å². The molecule has 0 unspecified atom stereocenters. The molecule has 0 fully saturated rings. The van der Waals surface area contributed by atoms with Crippen molar-refractivity contribution in [1.82, 2.24) is 14.9 Å². The number of carbonyl (C=O) groups is 1. The fraction of sp³-hybridized carbons (Fsp3) is 0.190. The molecule has 3 rings (SSSR count). The molecule has 132 valence electrons. The molecule has 3 aromatic rings. The molecule has 0 saturated carbocycles. The number of ether oxygens (including phenoxy) is 1. The van der Waals surface area contributed by atoms with E-state index in [9.17, 15) is 4.79 Å². The number of carbonyl (C=O) groups excluding carboxylic acids is 1. The van der Waals surface area contributed by atoms with Crippen molar-refractivity contribution in [2.45, 2.75) is 13.0 Å². The lowest BCUT2D eigenvalue weighted by molar-refractivity contribution is 0.0752. The van der Waals surface area contributed by atoms with E-state index in [2.05, 4.69) is 9.97 Å². The van der Waals surface area contributed by atoms with E-state index in [4.69, 9.17) is 4.74 Å². The number of hydrogen-bond acceptors (Lipinski definition) is 4. The van der Waals surface area contributed by atoms with Crippen molar-refractivity contribution in [2.24, 2.45) is 0 Å². The lowest BCUT2D eigenvalue weighted by Crippen LogP contribution is -2.32. The summed E-state index contributed by atoms with van der Waals surface area (Å²) in [5.41, 5.74) is 2.34. The molecule has 5 nitrogen and oxygen atoms in total. The zero-order chi connectivity index (χ0) is 18.4. The van der Waals surface area contributed by atoms with Crippen LogP contribution in [0.5, 0.6) is 5.88 Å². The first-order valence-corrected chi connectivity index (χ1v) is 8.52. The lowest BCUT2D eigenvalue weighted by atomic mass is 10.0. The van der Waals surface area contributed by atoms with Gasteiger partial charge in [-0.3, -0.25) is 9.78 Å². The van der Waals surface area contributed by atoms with Gasteiger partial charge in [0.25, 0.3) is 5.91 Å². The third-order valence-corrected chi connectivity index (χ3v) is 4.06. The standard InChI is InChI=1S/C21H21N3O2/c1-3-26-19-15-17(12-14-23-19)21(25)24(2)20(16-9-5-4-6-10-16)18-11-7-8-13-22-18/h4-15,20H,3H2,1-2H3/t20-/m1/s1. The lowest BCUT2D eigenvalue weighted by Gasteiger charge is -2.28. The first-order valence-electron chi connectivity index (χ1n) is 8.52. The van der Waals surface area contributed by atoms with Crippen LogP contribution in [0.15, 0.2) is 73.1 Å². The van der Waals surface area contributed by atoms with Crippen LogP contribution in [0.4, 0.5) is 0 Å². The Hall–Kier alpha value is -3.21. The summed E-state index contributed by atoms with van der Waals surface area (Å²) >= 11 is 0. The maximum Gasteiger partial charge on any atom is 0.254 e. The molecule has 0 aliphatic heterocycles. The van der Waals surface area contributed by atoms with Gasteiger partial charge in [0.15, 0.2) is 0 Å². The van der Waals surface area contributed by atoms with Gasteiger partial charge in [-0.2, -0.15) is 0 Å². The highest BCUT2D eigenvalue weighted by Crippen LogP contribution is 2.27. The Labute approximate surface area is 153 Å². The zero-order valence-electron chi connectivity index (χ0n) is 14.9. The minimum atomic E-state index is -0.284. The molecule has 0 N–H and O–H groups in total. The van der Waals surface area contributed by atoms with Crippen molar-refractivity contribution in [3.8, 4) is 5.88 Å². The summed E-state index contributed by atoms with van der Waals surface area (Å²) in [5, 5.41) is 0. The van der Waals surface area contributed by atoms with Crippen LogP contribution in [-0.4, -0.2) is 34.4 Å². The average molecular weight is 347 g/mol. The molecule has 26 heavy (non-hydrogen) atoms. The Balaban J connectivity index is 1.96. The molecule has 1 amide bonds. The number of pyridine rings is 2. The van der Waals surface area contributed by atoms with Crippen LogP contribution in [0.1, 0.15) is 34.6 Å². The van der Waals surface area contributed by atoms with Crippen molar-refractivity contribution >= 4 is 5.91 Å². The first-order chi connectivity index (χ1) is 12.7. The van der Waals surface area contributed by atoms with Gasteiger partial charge in [0.1, 0.15) is 0 Å². The van der Waals surface area contributed by atoms with Crippen molar-refractivity contribution < 1.29 is 9.53 Å². The molecule has 0 aliphatic carbocycles. The normalized spacial score (nSPS) is 11.6. The van der Waals surface area contributed by atoms with Crippen molar-refractivity contribution in [2.75, 3.05) is 13.7 Å². The predicted molar refractivity (Wildman–Crippen MR) is 100 cm³/mol. The van der Waals surface area contributed by atoms with Gasteiger partial charge in [0.05, 0.1) is 18.3 Å². The number of rotatable bonds is 6. The van der Waals surface area contributed by atoms with Gasteiger partial charge >= 0.3 is 0 Å². The van der Waals surface area contributed by atoms with Crippen LogP contribution in [0.25, 0.3) is 0 Å². The topological polar surface area (TPSA) is 55.3 Å². The fourth-order valence-electron chi connectivity index (χ4n) is 2.86. The Morgan fingerprint density at radius 1 is 1.04 bits per heavy atom. The minimum Gasteiger partial charge on any atom is -0.478 e. The van der Waals surface area contributed by atoms with Gasteiger partial charge in [-0.25, -0.2) is 4.98 Å². The summed E-state index contributed by atoms with van der Waals surface area (Å²) in [6, 6.07) is 18.7. The second-order valence-electron chi connectivity index (χ2n) is 5.80. The zero-order valence-corrected chi connectivity index (χ0v) is 14.9. The third kappa shape index (κ3) is 3.88. The van der Waals surface area contributed by atoms with E-state index in [0.717, 1.165) is 11.3 Å². The van der Waals surface area contributed by atoms with E-state index >= 15 is 0 Å². The van der Waals surface area contributed by atoms with Gasteiger partial charge in [-0.05, 0) is 30.7 Å². The van der Waals surface area contributed by atoms with E-state index in [1.54, 1.807) is 36.5 Å². The molecule has 5 heteroatoms. The molecule has 2 aromatic heterocycles. The minimum absolute atomic E-state index is 0.118. The van der Waals surface area contributed by atoms with Gasteiger partial charge in [0, 0.05) is 31.1 Å². The molecule has 0 aliphatic rings. The van der Waals surface area contributed by atoms with E-state index in [0.29, 0.717) is 18.1 Å². The quantitative estimate of drug-likeness (QED) is 0.682. The highest BCUT2D eigenvalue weighted by Gasteiger charge is 2.25. The van der Waals surface area contributed by atoms with Gasteiger partial charge < -0.3 is 9.64 Å². The first kappa shape index (κ1) is 17.6. The Kier molecular flexibility index (Phi) is 5.59. The Morgan fingerprint density at radius 2 is 1.81 bits per heavy atom. The van der Waals surface area contributed by atoms with Crippen LogP contribution < -0.4 is 4.74 Å². The monoisotopic (exact) mass is 347 g/mol. The SMILES string of the molecule is CCOc1cc(C(=O)N(C)[C@H](c2ccccc2)c2ccccn2)ccn1. The van der Waals surface area contributed by atoms with Crippen LogP contribution in [0, 0.1) is 0 Å². The van der Waals surface area contributed by atoms with Gasteiger partial charge in [-0.15, -0.1) is 0 Å². The maximum absolute atomic E-state index is 13.1. The van der Waals surface area contributed by atoms with Crippen molar-refractivity contribution in [1.29, 1.82) is 0 Å². The smallest absolute Gasteiger partial charge is 0.254 e. The second-order valence-corrected chi connectivity index (χ2v) is 5.80. The molecule has 1 aromatic carbocycles. The summed E-state index contributed by atoms with van der Waals surface area (Å²) in [6.45, 7) is 2.38. The number of nitrogens with zero attached hydrogens (tertiary/aromatic N) is 3. The fourth-order valence-corrected chi connectivity index (χ4v) is 2.86. The molecular formula is C21H21N3O2. The molecule has 1 atom stereocenters. The van der Waals surface area contributed by atoms with E-state index in [-0.39, 0.29) is 11.9 Å².